The third kappa shape index (κ3) is 4.21. The van der Waals surface area contributed by atoms with Gasteiger partial charge in [-0.25, -0.2) is 17.5 Å². The summed E-state index contributed by atoms with van der Waals surface area (Å²) >= 11 is 11.6. The van der Waals surface area contributed by atoms with E-state index < -0.39 is 15.8 Å². The van der Waals surface area contributed by atoms with Gasteiger partial charge in [-0.05, 0) is 37.4 Å². The second-order valence-electron chi connectivity index (χ2n) is 4.85. The summed E-state index contributed by atoms with van der Waals surface area (Å²) in [6.45, 7) is 0.415. The van der Waals surface area contributed by atoms with Crippen molar-refractivity contribution in [1.29, 1.82) is 0 Å². The molecule has 120 valence electrons. The SMILES string of the molecule is Cl.NCC1CCCC1NS(=O)(=O)c1c(Cl)cc(F)cc1Cl. The van der Waals surface area contributed by atoms with Crippen molar-refractivity contribution < 1.29 is 12.8 Å². The molecule has 2 atom stereocenters. The topological polar surface area (TPSA) is 72.2 Å². The molecule has 1 aliphatic carbocycles. The average Bonchev–Trinajstić information content (AvgIpc) is 2.73. The van der Waals surface area contributed by atoms with Gasteiger partial charge in [0.1, 0.15) is 10.7 Å². The van der Waals surface area contributed by atoms with Crippen molar-refractivity contribution in [3.63, 3.8) is 0 Å². The number of nitrogens with two attached hydrogens (primary N) is 1. The van der Waals surface area contributed by atoms with Crippen molar-refractivity contribution in [1.82, 2.24) is 4.72 Å². The fraction of sp³-hybridized carbons (Fsp3) is 0.500. The maximum atomic E-state index is 13.1. The molecule has 0 aromatic heterocycles. The minimum Gasteiger partial charge on any atom is -0.330 e. The van der Waals surface area contributed by atoms with E-state index in [0.29, 0.717) is 6.54 Å². The van der Waals surface area contributed by atoms with Crippen LogP contribution in [0.4, 0.5) is 4.39 Å². The van der Waals surface area contributed by atoms with Gasteiger partial charge in [0.2, 0.25) is 10.0 Å². The van der Waals surface area contributed by atoms with Gasteiger partial charge >= 0.3 is 0 Å². The first-order chi connectivity index (χ1) is 9.35. The van der Waals surface area contributed by atoms with Crippen LogP contribution in [0.25, 0.3) is 0 Å². The van der Waals surface area contributed by atoms with Crippen molar-refractivity contribution in [3.8, 4) is 0 Å². The van der Waals surface area contributed by atoms with Crippen molar-refractivity contribution in [3.05, 3.63) is 28.0 Å². The van der Waals surface area contributed by atoms with E-state index in [0.717, 1.165) is 31.4 Å². The highest BCUT2D eigenvalue weighted by atomic mass is 35.5. The Kier molecular flexibility index (Phi) is 6.71. The zero-order valence-corrected chi connectivity index (χ0v) is 14.1. The lowest BCUT2D eigenvalue weighted by Crippen LogP contribution is -2.40. The van der Waals surface area contributed by atoms with Crippen LogP contribution in [0.2, 0.25) is 10.0 Å². The fourth-order valence-corrected chi connectivity index (χ4v) is 5.05. The maximum Gasteiger partial charge on any atom is 0.243 e. The molecule has 0 aliphatic heterocycles. The monoisotopic (exact) mass is 376 g/mol. The predicted octanol–water partition coefficient (Wildman–Crippen LogP) is 2.96. The number of rotatable bonds is 4. The van der Waals surface area contributed by atoms with E-state index in [1.807, 2.05) is 0 Å². The van der Waals surface area contributed by atoms with Crippen LogP contribution in [0.15, 0.2) is 17.0 Å². The van der Waals surface area contributed by atoms with E-state index in [4.69, 9.17) is 28.9 Å². The summed E-state index contributed by atoms with van der Waals surface area (Å²) in [5.41, 5.74) is 5.62. The summed E-state index contributed by atoms with van der Waals surface area (Å²) in [6.07, 6.45) is 2.52. The smallest absolute Gasteiger partial charge is 0.243 e. The van der Waals surface area contributed by atoms with Crippen molar-refractivity contribution in [2.24, 2.45) is 11.7 Å². The van der Waals surface area contributed by atoms with Gasteiger partial charge in [-0.2, -0.15) is 0 Å². The van der Waals surface area contributed by atoms with E-state index in [9.17, 15) is 12.8 Å². The van der Waals surface area contributed by atoms with E-state index in [1.165, 1.54) is 0 Å². The van der Waals surface area contributed by atoms with E-state index in [2.05, 4.69) is 4.72 Å². The van der Waals surface area contributed by atoms with E-state index in [-0.39, 0.29) is 39.3 Å². The fourth-order valence-electron chi connectivity index (χ4n) is 2.52. The molecule has 1 aliphatic rings. The standard InChI is InChI=1S/C12H15Cl2FN2O2S.ClH/c13-9-4-8(15)5-10(14)12(9)20(18,19)17-11-3-1-2-7(11)6-16;/h4-5,7,11,17H,1-3,6,16H2;1H. The van der Waals surface area contributed by atoms with Crippen molar-refractivity contribution >= 4 is 45.6 Å². The number of benzene rings is 1. The molecule has 0 amide bonds. The summed E-state index contributed by atoms with van der Waals surface area (Å²) in [5.74, 6) is -0.581. The quantitative estimate of drug-likeness (QED) is 0.847. The Morgan fingerprint density at radius 1 is 1.29 bits per heavy atom. The maximum absolute atomic E-state index is 13.1. The first-order valence-electron chi connectivity index (χ1n) is 6.22. The summed E-state index contributed by atoms with van der Waals surface area (Å²) in [6, 6.07) is 1.62. The van der Waals surface area contributed by atoms with Crippen molar-refractivity contribution in [2.75, 3.05) is 6.54 Å². The average molecular weight is 378 g/mol. The number of halogens is 4. The van der Waals surface area contributed by atoms with Crippen LogP contribution in [-0.2, 0) is 10.0 Å². The number of hydrogen-bond acceptors (Lipinski definition) is 3. The molecule has 21 heavy (non-hydrogen) atoms. The lowest BCUT2D eigenvalue weighted by Gasteiger charge is -2.20. The molecule has 0 radical (unpaired) electrons. The van der Waals surface area contributed by atoms with Crippen LogP contribution in [0, 0.1) is 11.7 Å². The van der Waals surface area contributed by atoms with Crippen LogP contribution < -0.4 is 10.5 Å². The van der Waals surface area contributed by atoms with Gasteiger partial charge in [0.25, 0.3) is 0 Å². The summed E-state index contributed by atoms with van der Waals surface area (Å²) < 4.78 is 40.4. The summed E-state index contributed by atoms with van der Waals surface area (Å²) in [4.78, 5) is -0.287. The predicted molar refractivity (Wildman–Crippen MR) is 84.2 cm³/mol. The minimum absolute atomic E-state index is 0. The number of hydrogen-bond donors (Lipinski definition) is 2. The van der Waals surface area contributed by atoms with Gasteiger partial charge in [0.15, 0.2) is 0 Å². The van der Waals surface area contributed by atoms with Crippen LogP contribution in [0.3, 0.4) is 0 Å². The zero-order valence-electron chi connectivity index (χ0n) is 11.0. The lowest BCUT2D eigenvalue weighted by molar-refractivity contribution is 0.453. The Hall–Kier alpha value is -0.110. The Balaban J connectivity index is 0.00000220. The molecule has 1 aromatic carbocycles. The minimum atomic E-state index is -3.90. The molecule has 2 unspecified atom stereocenters. The third-order valence-electron chi connectivity index (χ3n) is 3.50. The summed E-state index contributed by atoms with van der Waals surface area (Å²) in [7, 11) is -3.90. The highest BCUT2D eigenvalue weighted by molar-refractivity contribution is 7.89. The van der Waals surface area contributed by atoms with Crippen LogP contribution in [0.5, 0.6) is 0 Å². The molecule has 3 N–H and O–H groups in total. The molecule has 9 heteroatoms. The molecule has 0 saturated heterocycles. The summed E-state index contributed by atoms with van der Waals surface area (Å²) in [5, 5.41) is -0.463. The van der Waals surface area contributed by atoms with Crippen molar-refractivity contribution in [2.45, 2.75) is 30.2 Å². The second kappa shape index (κ2) is 7.44. The molecule has 1 aromatic rings. The third-order valence-corrected chi connectivity index (χ3v) is 5.91. The Morgan fingerprint density at radius 2 is 1.86 bits per heavy atom. The Labute approximate surface area is 139 Å². The molecule has 0 bridgehead atoms. The molecule has 1 saturated carbocycles. The van der Waals surface area contributed by atoms with Gasteiger partial charge in [0.05, 0.1) is 10.0 Å². The largest absolute Gasteiger partial charge is 0.330 e. The first-order valence-corrected chi connectivity index (χ1v) is 8.46. The molecule has 1 fully saturated rings. The molecule has 4 nitrogen and oxygen atoms in total. The molecule has 0 spiro atoms. The molecular formula is C12H16Cl3FN2O2S. The van der Waals surface area contributed by atoms with Crippen LogP contribution >= 0.6 is 35.6 Å². The molecular weight excluding hydrogens is 362 g/mol. The van der Waals surface area contributed by atoms with Gasteiger partial charge in [-0.3, -0.25) is 0 Å². The second-order valence-corrected chi connectivity index (χ2v) is 7.32. The van der Waals surface area contributed by atoms with Gasteiger partial charge in [0, 0.05) is 6.04 Å². The Bertz CT molecular complexity index is 590. The normalized spacial score (nSPS) is 22.1. The first kappa shape index (κ1) is 18.9. The molecule has 2 rings (SSSR count). The molecule has 0 heterocycles. The number of nitrogens with one attached hydrogen (secondary N) is 1. The zero-order chi connectivity index (χ0) is 14.9. The Morgan fingerprint density at radius 3 is 2.38 bits per heavy atom. The van der Waals surface area contributed by atoms with Gasteiger partial charge < -0.3 is 5.73 Å². The highest BCUT2D eigenvalue weighted by Crippen LogP contribution is 2.32. The van der Waals surface area contributed by atoms with E-state index >= 15 is 0 Å². The van der Waals surface area contributed by atoms with Gasteiger partial charge in [-0.15, -0.1) is 12.4 Å². The van der Waals surface area contributed by atoms with E-state index in [1.54, 1.807) is 0 Å². The number of sulfonamides is 1. The van der Waals surface area contributed by atoms with Crippen LogP contribution in [-0.4, -0.2) is 21.0 Å². The highest BCUT2D eigenvalue weighted by Gasteiger charge is 2.32. The van der Waals surface area contributed by atoms with Crippen LogP contribution in [0.1, 0.15) is 19.3 Å². The van der Waals surface area contributed by atoms with Gasteiger partial charge in [-0.1, -0.05) is 29.6 Å². The lowest BCUT2D eigenvalue weighted by atomic mass is 10.1.